The lowest BCUT2D eigenvalue weighted by atomic mass is 10.3. The highest BCUT2D eigenvalue weighted by Gasteiger charge is 2.42. The van der Waals surface area contributed by atoms with E-state index >= 15 is 0 Å². The molecule has 2 amide bonds. The topological polar surface area (TPSA) is 60.9 Å². The largest absolute Gasteiger partial charge is 0.480 e. The lowest BCUT2D eigenvalue weighted by molar-refractivity contribution is -0.143. The molecule has 0 heterocycles. The minimum absolute atomic E-state index is 0.427. The number of hydrogen-bond acceptors (Lipinski definition) is 2. The molecule has 0 aromatic heterocycles. The van der Waals surface area contributed by atoms with Gasteiger partial charge in [-0.1, -0.05) is 0 Å². The van der Waals surface area contributed by atoms with E-state index in [1.807, 2.05) is 0 Å². The van der Waals surface area contributed by atoms with Crippen LogP contribution in [-0.4, -0.2) is 58.3 Å². The highest BCUT2D eigenvalue weighted by molar-refractivity contribution is 5.81. The van der Waals surface area contributed by atoms with Crippen molar-refractivity contribution in [3.63, 3.8) is 0 Å². The molecule has 0 atom stereocenters. The summed E-state index contributed by atoms with van der Waals surface area (Å²) in [7, 11) is 0. The van der Waals surface area contributed by atoms with Gasteiger partial charge in [-0.3, -0.25) is 4.79 Å². The van der Waals surface area contributed by atoms with Gasteiger partial charge in [-0.05, 0) is 26.7 Å². The van der Waals surface area contributed by atoms with Gasteiger partial charge < -0.3 is 14.9 Å². The number of aliphatic carboxylic acids is 1. The van der Waals surface area contributed by atoms with Crippen molar-refractivity contribution in [3.05, 3.63) is 0 Å². The van der Waals surface area contributed by atoms with E-state index in [1.54, 1.807) is 13.8 Å². The molecule has 1 saturated carbocycles. The van der Waals surface area contributed by atoms with Gasteiger partial charge in [0.2, 0.25) is 0 Å². The third kappa shape index (κ3) is 4.96. The van der Waals surface area contributed by atoms with Crippen LogP contribution in [0.5, 0.6) is 0 Å². The zero-order valence-electron chi connectivity index (χ0n) is 10.8. The summed E-state index contributed by atoms with van der Waals surface area (Å²) in [4.78, 5) is 24.4. The first-order chi connectivity index (χ1) is 8.61. The molecule has 1 aliphatic rings. The van der Waals surface area contributed by atoms with Crippen molar-refractivity contribution >= 4 is 12.0 Å². The van der Waals surface area contributed by atoms with Crippen molar-refractivity contribution in [2.45, 2.75) is 44.9 Å². The Morgan fingerprint density at radius 3 is 2.16 bits per heavy atom. The average molecular weight is 282 g/mol. The normalized spacial score (nSPS) is 15.5. The standard InChI is InChI=1S/C11H17F3N2O3/c1-7(2)15(5-9(17)18)10(19)16(8-3-4-8)6-11(12,13)14/h7-8H,3-6H2,1-2H3,(H,17,18). The average Bonchev–Trinajstić information content (AvgIpc) is 3.03. The van der Waals surface area contributed by atoms with Crippen molar-refractivity contribution < 1.29 is 27.9 Å². The molecular weight excluding hydrogens is 265 g/mol. The van der Waals surface area contributed by atoms with Crippen LogP contribution in [0.3, 0.4) is 0 Å². The third-order valence-corrected chi connectivity index (χ3v) is 2.76. The first-order valence-corrected chi connectivity index (χ1v) is 5.97. The van der Waals surface area contributed by atoms with E-state index in [4.69, 9.17) is 5.11 Å². The Kier molecular flexibility index (Phi) is 4.65. The van der Waals surface area contributed by atoms with Gasteiger partial charge in [-0.2, -0.15) is 13.2 Å². The first-order valence-electron chi connectivity index (χ1n) is 5.97. The maximum atomic E-state index is 12.5. The second-order valence-electron chi connectivity index (χ2n) is 4.87. The van der Waals surface area contributed by atoms with Gasteiger partial charge in [0.05, 0.1) is 0 Å². The fourth-order valence-corrected chi connectivity index (χ4v) is 1.71. The number of nitrogens with zero attached hydrogens (tertiary/aromatic N) is 2. The van der Waals surface area contributed by atoms with Crippen molar-refractivity contribution in [2.75, 3.05) is 13.1 Å². The van der Waals surface area contributed by atoms with E-state index in [0.717, 1.165) is 9.80 Å². The Labute approximate surface area is 109 Å². The minimum atomic E-state index is -4.48. The van der Waals surface area contributed by atoms with Crippen LogP contribution >= 0.6 is 0 Å². The second kappa shape index (κ2) is 5.66. The summed E-state index contributed by atoms with van der Waals surface area (Å²) in [6.07, 6.45) is -3.42. The number of carboxylic acid groups (broad SMARTS) is 1. The van der Waals surface area contributed by atoms with Gasteiger partial charge in [-0.25, -0.2) is 4.79 Å². The fraction of sp³-hybridized carbons (Fsp3) is 0.818. The van der Waals surface area contributed by atoms with E-state index < -0.39 is 43.3 Å². The Hall–Kier alpha value is -1.47. The molecule has 0 aromatic rings. The maximum Gasteiger partial charge on any atom is 0.406 e. The predicted molar refractivity (Wildman–Crippen MR) is 60.7 cm³/mol. The smallest absolute Gasteiger partial charge is 0.406 e. The molecule has 1 N–H and O–H groups in total. The number of urea groups is 1. The van der Waals surface area contributed by atoms with Crippen LogP contribution in [0, 0.1) is 0 Å². The summed E-state index contributed by atoms with van der Waals surface area (Å²) >= 11 is 0. The SMILES string of the molecule is CC(C)N(CC(=O)O)C(=O)N(CC(F)(F)F)C1CC1. The molecule has 1 fully saturated rings. The van der Waals surface area contributed by atoms with E-state index in [2.05, 4.69) is 0 Å². The van der Waals surface area contributed by atoms with Gasteiger partial charge >= 0.3 is 18.2 Å². The summed E-state index contributed by atoms with van der Waals surface area (Å²) < 4.78 is 37.4. The summed E-state index contributed by atoms with van der Waals surface area (Å²) in [5, 5.41) is 8.72. The summed E-state index contributed by atoms with van der Waals surface area (Å²) in [5.74, 6) is -1.25. The van der Waals surface area contributed by atoms with Gasteiger partial charge in [0, 0.05) is 12.1 Å². The zero-order valence-corrected chi connectivity index (χ0v) is 10.8. The molecule has 0 bridgehead atoms. The van der Waals surface area contributed by atoms with Crippen LogP contribution < -0.4 is 0 Å². The molecule has 1 rings (SSSR count). The summed E-state index contributed by atoms with van der Waals surface area (Å²) in [5.41, 5.74) is 0. The molecule has 5 nitrogen and oxygen atoms in total. The van der Waals surface area contributed by atoms with Crippen LogP contribution in [0.1, 0.15) is 26.7 Å². The molecule has 0 unspecified atom stereocenters. The summed E-state index contributed by atoms with van der Waals surface area (Å²) in [6.45, 7) is 1.20. The number of carbonyl (C=O) groups is 2. The van der Waals surface area contributed by atoms with Crippen molar-refractivity contribution in [2.24, 2.45) is 0 Å². The minimum Gasteiger partial charge on any atom is -0.480 e. The van der Waals surface area contributed by atoms with Crippen LogP contribution in [0.15, 0.2) is 0 Å². The van der Waals surface area contributed by atoms with E-state index in [1.165, 1.54) is 0 Å². The quantitative estimate of drug-likeness (QED) is 0.838. The number of hydrogen-bond donors (Lipinski definition) is 1. The molecule has 8 heteroatoms. The Balaban J connectivity index is 2.81. The number of carbonyl (C=O) groups excluding carboxylic acids is 1. The fourth-order valence-electron chi connectivity index (χ4n) is 1.71. The lowest BCUT2D eigenvalue weighted by Crippen LogP contribution is -2.51. The molecule has 1 aliphatic carbocycles. The molecule has 0 saturated heterocycles. The number of alkyl halides is 3. The molecule has 19 heavy (non-hydrogen) atoms. The van der Waals surface area contributed by atoms with Crippen molar-refractivity contribution in [3.8, 4) is 0 Å². The lowest BCUT2D eigenvalue weighted by Gasteiger charge is -2.32. The zero-order chi connectivity index (χ0) is 14.8. The molecular formula is C11H17F3N2O3. The molecule has 0 aromatic carbocycles. The monoisotopic (exact) mass is 282 g/mol. The molecule has 0 aliphatic heterocycles. The number of carboxylic acids is 1. The Morgan fingerprint density at radius 2 is 1.84 bits per heavy atom. The predicted octanol–water partition coefficient (Wildman–Crippen LogP) is 1.93. The van der Waals surface area contributed by atoms with Gasteiger partial charge in [0.15, 0.2) is 0 Å². The van der Waals surface area contributed by atoms with Crippen LogP contribution in [-0.2, 0) is 4.79 Å². The highest BCUT2D eigenvalue weighted by atomic mass is 19.4. The van der Waals surface area contributed by atoms with Gasteiger partial charge in [0.25, 0.3) is 0 Å². The van der Waals surface area contributed by atoms with Gasteiger partial charge in [0.1, 0.15) is 13.1 Å². The number of amides is 2. The van der Waals surface area contributed by atoms with Crippen LogP contribution in [0.4, 0.5) is 18.0 Å². The van der Waals surface area contributed by atoms with E-state index in [9.17, 15) is 22.8 Å². The molecule has 110 valence electrons. The first kappa shape index (κ1) is 15.6. The molecule has 0 spiro atoms. The number of rotatable bonds is 5. The highest BCUT2D eigenvalue weighted by Crippen LogP contribution is 2.31. The summed E-state index contributed by atoms with van der Waals surface area (Å²) in [6, 6.07) is -1.76. The Morgan fingerprint density at radius 1 is 1.32 bits per heavy atom. The van der Waals surface area contributed by atoms with Gasteiger partial charge in [-0.15, -0.1) is 0 Å². The van der Waals surface area contributed by atoms with E-state index in [0.29, 0.717) is 12.8 Å². The third-order valence-electron chi connectivity index (χ3n) is 2.76. The van der Waals surface area contributed by atoms with Crippen LogP contribution in [0.2, 0.25) is 0 Å². The number of halogens is 3. The second-order valence-corrected chi connectivity index (χ2v) is 4.87. The maximum absolute atomic E-state index is 12.5. The Bertz CT molecular complexity index is 354. The van der Waals surface area contributed by atoms with E-state index in [-0.39, 0.29) is 0 Å². The van der Waals surface area contributed by atoms with Crippen molar-refractivity contribution in [1.29, 1.82) is 0 Å². The molecule has 0 radical (unpaired) electrons. The van der Waals surface area contributed by atoms with Crippen molar-refractivity contribution in [1.82, 2.24) is 9.80 Å². The van der Waals surface area contributed by atoms with Crippen LogP contribution in [0.25, 0.3) is 0 Å².